The summed E-state index contributed by atoms with van der Waals surface area (Å²) in [6.45, 7) is 2.98. The van der Waals surface area contributed by atoms with Gasteiger partial charge in [-0.2, -0.15) is 9.57 Å². The Morgan fingerprint density at radius 1 is 1.26 bits per heavy atom. The summed E-state index contributed by atoms with van der Waals surface area (Å²) in [7, 11) is -3.88. The molecule has 35 heavy (non-hydrogen) atoms. The lowest BCUT2D eigenvalue weighted by Gasteiger charge is -2.49. The molecular formula is C23H24Cl2FN3O5S. The maximum absolute atomic E-state index is 14.0. The summed E-state index contributed by atoms with van der Waals surface area (Å²) in [6.07, 6.45) is 0.161. The van der Waals surface area contributed by atoms with Crippen LogP contribution in [0.5, 0.6) is 5.75 Å². The molecule has 2 aromatic rings. The average Bonchev–Trinajstić information content (AvgIpc) is 2.77. The van der Waals surface area contributed by atoms with E-state index in [1.54, 1.807) is 13.0 Å². The molecule has 1 saturated heterocycles. The van der Waals surface area contributed by atoms with Gasteiger partial charge in [0.25, 0.3) is 0 Å². The second kappa shape index (κ2) is 11.5. The molecule has 0 aromatic heterocycles. The summed E-state index contributed by atoms with van der Waals surface area (Å²) < 4.78 is 52.1. The van der Waals surface area contributed by atoms with Crippen molar-refractivity contribution in [2.24, 2.45) is 5.41 Å². The lowest BCUT2D eigenvalue weighted by molar-refractivity contribution is -0.143. The number of hydrogen-bond donors (Lipinski definition) is 1. The van der Waals surface area contributed by atoms with Crippen LogP contribution < -0.4 is 10.1 Å². The first-order valence-corrected chi connectivity index (χ1v) is 12.9. The molecule has 0 unspecified atom stereocenters. The highest BCUT2D eigenvalue weighted by Crippen LogP contribution is 2.37. The second-order valence-electron chi connectivity index (χ2n) is 8.12. The fourth-order valence-corrected chi connectivity index (χ4v) is 6.05. The summed E-state index contributed by atoms with van der Waals surface area (Å²) in [4.78, 5) is 11.5. The van der Waals surface area contributed by atoms with E-state index in [4.69, 9.17) is 37.9 Å². The van der Waals surface area contributed by atoms with E-state index < -0.39 is 21.3 Å². The quantitative estimate of drug-likeness (QED) is 0.340. The van der Waals surface area contributed by atoms with Crippen molar-refractivity contribution in [1.29, 1.82) is 5.26 Å². The number of carbonyl (C=O) groups excluding carboxylic acids is 1. The van der Waals surface area contributed by atoms with Crippen molar-refractivity contribution >= 4 is 39.2 Å². The topological polar surface area (TPSA) is 109 Å². The first-order valence-electron chi connectivity index (χ1n) is 10.7. The van der Waals surface area contributed by atoms with Crippen molar-refractivity contribution in [3.05, 3.63) is 57.8 Å². The van der Waals surface area contributed by atoms with E-state index in [1.165, 1.54) is 34.6 Å². The Morgan fingerprint density at radius 2 is 2.00 bits per heavy atom. The largest absolute Gasteiger partial charge is 0.493 e. The number of esters is 1. The number of halogens is 3. The van der Waals surface area contributed by atoms with Crippen molar-refractivity contribution in [2.75, 3.05) is 39.4 Å². The molecule has 0 radical (unpaired) electrons. The van der Waals surface area contributed by atoms with Gasteiger partial charge in [-0.1, -0.05) is 23.2 Å². The van der Waals surface area contributed by atoms with Gasteiger partial charge >= 0.3 is 5.97 Å². The SMILES string of the molecule is CCOC(=O)CCNCC1(COc2ccc(C#N)c(F)c2)CN(S(=O)(=O)c2ccc(Cl)cc2Cl)C1. The van der Waals surface area contributed by atoms with Gasteiger partial charge in [0.15, 0.2) is 0 Å². The Kier molecular flexibility index (Phi) is 8.96. The van der Waals surface area contributed by atoms with E-state index in [1.807, 2.05) is 0 Å². The lowest BCUT2D eigenvalue weighted by Crippen LogP contribution is -2.64. The molecule has 1 aliphatic rings. The molecule has 8 nitrogen and oxygen atoms in total. The Labute approximate surface area is 213 Å². The minimum Gasteiger partial charge on any atom is -0.493 e. The molecule has 188 valence electrons. The van der Waals surface area contributed by atoms with Crippen LogP contribution in [0.25, 0.3) is 0 Å². The Morgan fingerprint density at radius 3 is 2.63 bits per heavy atom. The number of hydrogen-bond acceptors (Lipinski definition) is 7. The van der Waals surface area contributed by atoms with Gasteiger partial charge in [-0.3, -0.25) is 4.79 Å². The predicted octanol–water partition coefficient (Wildman–Crippen LogP) is 3.62. The van der Waals surface area contributed by atoms with Crippen LogP contribution in [-0.2, 0) is 19.6 Å². The van der Waals surface area contributed by atoms with E-state index in [-0.39, 0.29) is 59.9 Å². The molecule has 1 aliphatic heterocycles. The normalized spacial score (nSPS) is 15.2. The van der Waals surface area contributed by atoms with Gasteiger partial charge in [-0.15, -0.1) is 0 Å². The van der Waals surface area contributed by atoms with E-state index in [2.05, 4.69) is 5.32 Å². The zero-order chi connectivity index (χ0) is 25.6. The number of nitrogens with zero attached hydrogens (tertiary/aromatic N) is 2. The Balaban J connectivity index is 1.71. The van der Waals surface area contributed by atoms with Crippen molar-refractivity contribution in [2.45, 2.75) is 18.2 Å². The van der Waals surface area contributed by atoms with Crippen LogP contribution in [0.2, 0.25) is 10.0 Å². The smallest absolute Gasteiger partial charge is 0.307 e. The van der Waals surface area contributed by atoms with E-state index in [9.17, 15) is 17.6 Å². The number of ether oxygens (including phenoxy) is 2. The minimum absolute atomic E-state index is 0.0202. The first-order chi connectivity index (χ1) is 16.6. The van der Waals surface area contributed by atoms with Crippen molar-refractivity contribution in [3.63, 3.8) is 0 Å². The van der Waals surface area contributed by atoms with Crippen LogP contribution in [0.1, 0.15) is 18.9 Å². The standard InChI is InChI=1S/C23H24Cl2FN3O5S/c1-2-33-22(30)7-8-28-12-23(15-34-18-5-3-16(11-27)20(26)10-18)13-29(14-23)35(31,32)21-6-4-17(24)9-19(21)25/h3-6,9-10,28H,2,7-8,12-15H2,1H3. The Hall–Kier alpha value is -2.42. The fourth-order valence-electron chi connectivity index (χ4n) is 3.64. The predicted molar refractivity (Wildman–Crippen MR) is 128 cm³/mol. The summed E-state index contributed by atoms with van der Waals surface area (Å²) in [5.74, 6) is -0.829. The van der Waals surface area contributed by atoms with Crippen LogP contribution in [0.3, 0.4) is 0 Å². The van der Waals surface area contributed by atoms with Gasteiger partial charge in [0.05, 0.1) is 30.2 Å². The first kappa shape index (κ1) is 27.2. The third-order valence-electron chi connectivity index (χ3n) is 5.45. The van der Waals surface area contributed by atoms with Gasteiger partial charge in [-0.25, -0.2) is 12.8 Å². The molecule has 1 N–H and O–H groups in total. The maximum atomic E-state index is 14.0. The molecule has 0 spiro atoms. The highest BCUT2D eigenvalue weighted by molar-refractivity contribution is 7.89. The molecule has 0 aliphatic carbocycles. The average molecular weight is 544 g/mol. The molecule has 1 fully saturated rings. The minimum atomic E-state index is -3.88. The third kappa shape index (κ3) is 6.63. The number of benzene rings is 2. The number of rotatable bonds is 11. The van der Waals surface area contributed by atoms with Gasteiger partial charge in [-0.05, 0) is 37.3 Å². The molecule has 0 atom stereocenters. The highest BCUT2D eigenvalue weighted by Gasteiger charge is 2.49. The van der Waals surface area contributed by atoms with Crippen LogP contribution >= 0.6 is 23.2 Å². The van der Waals surface area contributed by atoms with Gasteiger partial charge in [0, 0.05) is 42.7 Å². The zero-order valence-corrected chi connectivity index (χ0v) is 21.2. The molecule has 0 bridgehead atoms. The second-order valence-corrected chi connectivity index (χ2v) is 10.9. The van der Waals surface area contributed by atoms with Crippen LogP contribution in [-0.4, -0.2) is 58.1 Å². The van der Waals surface area contributed by atoms with Crippen LogP contribution in [0.4, 0.5) is 4.39 Å². The van der Waals surface area contributed by atoms with E-state index in [0.717, 1.165) is 6.07 Å². The molecule has 3 rings (SSSR count). The number of carbonyl (C=O) groups is 1. The van der Waals surface area contributed by atoms with Gasteiger partial charge < -0.3 is 14.8 Å². The fraction of sp³-hybridized carbons (Fsp3) is 0.391. The summed E-state index contributed by atoms with van der Waals surface area (Å²) in [6, 6.07) is 9.82. The summed E-state index contributed by atoms with van der Waals surface area (Å²) in [5, 5.41) is 12.4. The summed E-state index contributed by atoms with van der Waals surface area (Å²) >= 11 is 12.0. The maximum Gasteiger partial charge on any atom is 0.307 e. The lowest BCUT2D eigenvalue weighted by atomic mass is 9.82. The highest BCUT2D eigenvalue weighted by atomic mass is 35.5. The third-order valence-corrected chi connectivity index (χ3v) is 7.96. The molecule has 2 aromatic carbocycles. The van der Waals surface area contributed by atoms with Crippen molar-refractivity contribution < 1.29 is 27.1 Å². The number of nitriles is 1. The van der Waals surface area contributed by atoms with Crippen LogP contribution in [0, 0.1) is 22.6 Å². The van der Waals surface area contributed by atoms with E-state index >= 15 is 0 Å². The molecule has 0 amide bonds. The van der Waals surface area contributed by atoms with Crippen molar-refractivity contribution in [1.82, 2.24) is 9.62 Å². The van der Waals surface area contributed by atoms with E-state index in [0.29, 0.717) is 18.1 Å². The molecule has 0 saturated carbocycles. The van der Waals surface area contributed by atoms with Crippen LogP contribution in [0.15, 0.2) is 41.3 Å². The van der Waals surface area contributed by atoms with Gasteiger partial charge in [0.2, 0.25) is 10.0 Å². The number of nitrogens with one attached hydrogen (secondary N) is 1. The summed E-state index contributed by atoms with van der Waals surface area (Å²) in [5.41, 5.74) is -0.751. The zero-order valence-electron chi connectivity index (χ0n) is 18.9. The van der Waals surface area contributed by atoms with Crippen molar-refractivity contribution in [3.8, 4) is 11.8 Å². The molecule has 1 heterocycles. The Bertz CT molecular complexity index is 1230. The monoisotopic (exact) mass is 543 g/mol. The number of sulfonamides is 1. The van der Waals surface area contributed by atoms with Gasteiger partial charge in [0.1, 0.15) is 22.5 Å². The molecular weight excluding hydrogens is 520 g/mol. The molecule has 12 heteroatoms.